The van der Waals surface area contributed by atoms with Crippen LogP contribution in [0, 0.1) is 0 Å². The van der Waals surface area contributed by atoms with Gasteiger partial charge >= 0.3 is 5.97 Å². The topological polar surface area (TPSA) is 175 Å². The van der Waals surface area contributed by atoms with Crippen LogP contribution in [0.3, 0.4) is 0 Å². The summed E-state index contributed by atoms with van der Waals surface area (Å²) in [7, 11) is 0. The van der Waals surface area contributed by atoms with Gasteiger partial charge in [-0.3, -0.25) is 9.59 Å². The number of nitrogens with one attached hydrogen (secondary N) is 1. The van der Waals surface area contributed by atoms with Crippen molar-refractivity contribution in [3.05, 3.63) is 36.5 Å². The van der Waals surface area contributed by atoms with Gasteiger partial charge in [0.15, 0.2) is 12.4 Å². The number of ether oxygens (including phenoxy) is 3. The van der Waals surface area contributed by atoms with E-state index in [2.05, 4.69) is 50.4 Å². The van der Waals surface area contributed by atoms with Gasteiger partial charge in [-0.25, -0.2) is 0 Å². The number of aliphatic hydroxyl groups excluding tert-OH is 5. The second-order valence-corrected chi connectivity index (χ2v) is 24.6. The number of rotatable bonds is 61. The molecule has 8 unspecified atom stereocenters. The third kappa shape index (κ3) is 46.1. The average Bonchev–Trinajstić information content (AvgIpc) is 3.44. The Labute approximate surface area is 504 Å². The molecule has 1 saturated heterocycles. The first kappa shape index (κ1) is 77.9. The summed E-state index contributed by atoms with van der Waals surface area (Å²) in [6, 6.07) is -1.02. The van der Waals surface area contributed by atoms with Gasteiger partial charge in [-0.15, -0.1) is 0 Å². The highest BCUT2D eigenvalue weighted by molar-refractivity contribution is 5.80. The van der Waals surface area contributed by atoms with Gasteiger partial charge in [-0.05, 0) is 57.8 Å². The first-order valence-corrected chi connectivity index (χ1v) is 35.3. The van der Waals surface area contributed by atoms with Crippen LogP contribution in [0.25, 0.3) is 0 Å². The molecule has 0 bridgehead atoms. The Morgan fingerprint density at radius 3 is 1.27 bits per heavy atom. The summed E-state index contributed by atoms with van der Waals surface area (Å²) in [4.78, 5) is 26.7. The molecule has 0 aromatic rings. The van der Waals surface area contributed by atoms with E-state index in [-0.39, 0.29) is 13.0 Å². The largest absolute Gasteiger partial charge is 0.454 e. The Bertz CT molecular complexity index is 1470. The summed E-state index contributed by atoms with van der Waals surface area (Å²) in [5, 5.41) is 57.2. The molecule has 0 aromatic heterocycles. The van der Waals surface area contributed by atoms with Gasteiger partial charge < -0.3 is 45.1 Å². The summed E-state index contributed by atoms with van der Waals surface area (Å²) in [5.74, 6) is -1.18. The molecule has 11 nitrogen and oxygen atoms in total. The van der Waals surface area contributed by atoms with Crippen LogP contribution in [0.1, 0.15) is 342 Å². The van der Waals surface area contributed by atoms with Gasteiger partial charge in [0.2, 0.25) is 5.91 Å². The SMILES string of the molecule is CCCCC/C=C\C/C=C\CCCCCCCCCCCCCC(=O)OC1C(OCC(NC(=O)C(O)CCCCCCCCCCCCCCCCCCCCCC)C(O)/C=C/CCCCCCCCCCCC)OC(CO)C(O)C1O. The number of allylic oxidation sites excluding steroid dienone is 5. The van der Waals surface area contributed by atoms with Gasteiger partial charge in [0.25, 0.3) is 0 Å². The number of amides is 1. The number of hydrogen-bond donors (Lipinski definition) is 6. The lowest BCUT2D eigenvalue weighted by Crippen LogP contribution is -2.61. The Morgan fingerprint density at radius 2 is 0.841 bits per heavy atom. The Morgan fingerprint density at radius 1 is 0.476 bits per heavy atom. The first-order chi connectivity index (χ1) is 40.2. The van der Waals surface area contributed by atoms with E-state index in [1.165, 1.54) is 231 Å². The lowest BCUT2D eigenvalue weighted by atomic mass is 9.99. The predicted octanol–water partition coefficient (Wildman–Crippen LogP) is 17.8. The fourth-order valence-corrected chi connectivity index (χ4v) is 11.2. The van der Waals surface area contributed by atoms with Crippen molar-refractivity contribution in [3.63, 3.8) is 0 Å². The van der Waals surface area contributed by atoms with Gasteiger partial charge in [-0.1, -0.05) is 314 Å². The molecule has 11 heteroatoms. The van der Waals surface area contributed by atoms with Gasteiger partial charge in [0.1, 0.15) is 24.4 Å². The smallest absolute Gasteiger partial charge is 0.306 e. The second-order valence-electron chi connectivity index (χ2n) is 24.6. The molecular weight excluding hydrogens is 1030 g/mol. The standard InChI is InChI=1S/C71H133NO10/c1-4-7-10-13-16-19-22-25-27-29-31-33-35-37-39-41-44-47-50-53-56-59-66(76)82-69-68(78)67(77)65(60-73)81-71(69)80-61-62(63(74)57-54-51-48-45-42-24-21-18-15-12-9-6-3)72-70(79)64(75)58-55-52-49-46-43-40-38-36-34-32-30-28-26-23-20-17-14-11-8-5-2/h16,19,25,27,54,57,62-65,67-69,71,73-75,77-78H,4-15,17-18,20-24,26,28-53,55-56,58-61H2,1-3H3,(H,72,79)/b19-16-,27-25-,57-54+. The van der Waals surface area contributed by atoms with E-state index in [4.69, 9.17) is 14.2 Å². The Balaban J connectivity index is 2.58. The number of carbonyl (C=O) groups excluding carboxylic acids is 2. The molecular formula is C71H133NO10. The van der Waals surface area contributed by atoms with E-state index in [0.29, 0.717) is 19.3 Å². The number of hydrogen-bond acceptors (Lipinski definition) is 10. The molecule has 1 heterocycles. The molecule has 0 radical (unpaired) electrons. The zero-order valence-corrected chi connectivity index (χ0v) is 53.6. The second kappa shape index (κ2) is 59.2. The molecule has 0 aromatic carbocycles. The molecule has 0 aliphatic carbocycles. The highest BCUT2D eigenvalue weighted by Gasteiger charge is 2.47. The quantitative estimate of drug-likeness (QED) is 0.0195. The average molecular weight is 1160 g/mol. The molecule has 1 amide bonds. The van der Waals surface area contributed by atoms with Crippen LogP contribution in [-0.2, 0) is 23.8 Å². The fraction of sp³-hybridized carbons (Fsp3) is 0.887. The van der Waals surface area contributed by atoms with E-state index in [1.807, 2.05) is 6.08 Å². The number of esters is 1. The maximum absolute atomic E-state index is 13.5. The van der Waals surface area contributed by atoms with Crippen molar-refractivity contribution in [1.82, 2.24) is 5.32 Å². The first-order valence-electron chi connectivity index (χ1n) is 35.3. The molecule has 6 N–H and O–H groups in total. The highest BCUT2D eigenvalue weighted by Crippen LogP contribution is 2.26. The minimum absolute atomic E-state index is 0.124. The van der Waals surface area contributed by atoms with Crippen LogP contribution in [0.4, 0.5) is 0 Å². The number of aliphatic hydroxyl groups is 5. The molecule has 8 atom stereocenters. The van der Waals surface area contributed by atoms with Crippen LogP contribution in [0.2, 0.25) is 0 Å². The highest BCUT2D eigenvalue weighted by atomic mass is 16.7. The molecule has 0 spiro atoms. The molecule has 1 rings (SSSR count). The third-order valence-corrected chi connectivity index (χ3v) is 16.8. The van der Waals surface area contributed by atoms with E-state index in [0.717, 1.165) is 64.2 Å². The number of carbonyl (C=O) groups is 2. The summed E-state index contributed by atoms with van der Waals surface area (Å²) < 4.78 is 17.7. The van der Waals surface area contributed by atoms with Gasteiger partial charge in [-0.2, -0.15) is 0 Å². The third-order valence-electron chi connectivity index (χ3n) is 16.8. The van der Waals surface area contributed by atoms with Crippen molar-refractivity contribution < 1.29 is 49.3 Å². The number of unbranched alkanes of at least 4 members (excludes halogenated alkanes) is 43. The van der Waals surface area contributed by atoms with E-state index < -0.39 is 67.4 Å². The van der Waals surface area contributed by atoms with Crippen molar-refractivity contribution in [3.8, 4) is 0 Å². The zero-order chi connectivity index (χ0) is 59.6. The van der Waals surface area contributed by atoms with Crippen LogP contribution in [0.15, 0.2) is 36.5 Å². The minimum Gasteiger partial charge on any atom is -0.454 e. The van der Waals surface area contributed by atoms with Crippen LogP contribution in [0.5, 0.6) is 0 Å². The normalized spacial score (nSPS) is 18.8. The van der Waals surface area contributed by atoms with Crippen LogP contribution in [-0.4, -0.2) is 99.6 Å². The lowest BCUT2D eigenvalue weighted by molar-refractivity contribution is -0.305. The fourth-order valence-electron chi connectivity index (χ4n) is 11.2. The lowest BCUT2D eigenvalue weighted by Gasteiger charge is -2.41. The van der Waals surface area contributed by atoms with Crippen molar-refractivity contribution in [2.45, 2.75) is 391 Å². The maximum atomic E-state index is 13.5. The summed E-state index contributed by atoms with van der Waals surface area (Å²) >= 11 is 0. The van der Waals surface area contributed by atoms with Crippen molar-refractivity contribution in [1.29, 1.82) is 0 Å². The minimum atomic E-state index is -1.61. The molecule has 82 heavy (non-hydrogen) atoms. The predicted molar refractivity (Wildman–Crippen MR) is 343 cm³/mol. The van der Waals surface area contributed by atoms with Gasteiger partial charge in [0.05, 0.1) is 25.4 Å². The summed E-state index contributed by atoms with van der Waals surface area (Å²) in [5.41, 5.74) is 0. The van der Waals surface area contributed by atoms with Crippen LogP contribution >= 0.6 is 0 Å². The van der Waals surface area contributed by atoms with Crippen molar-refractivity contribution in [2.24, 2.45) is 0 Å². The summed E-state index contributed by atoms with van der Waals surface area (Å²) in [6.07, 6.45) is 61.8. The monoisotopic (exact) mass is 1160 g/mol. The molecule has 1 aliphatic rings. The molecule has 0 saturated carbocycles. The van der Waals surface area contributed by atoms with Crippen molar-refractivity contribution >= 4 is 11.9 Å². The Kier molecular flexibility index (Phi) is 56.3. The van der Waals surface area contributed by atoms with E-state index in [1.54, 1.807) is 6.08 Å². The van der Waals surface area contributed by atoms with Crippen molar-refractivity contribution in [2.75, 3.05) is 13.2 Å². The maximum Gasteiger partial charge on any atom is 0.306 e. The molecule has 482 valence electrons. The van der Waals surface area contributed by atoms with E-state index in [9.17, 15) is 35.1 Å². The Hall–Kier alpha value is -2.12. The summed E-state index contributed by atoms with van der Waals surface area (Å²) in [6.45, 7) is 5.82. The molecule has 1 aliphatic heterocycles. The van der Waals surface area contributed by atoms with Gasteiger partial charge in [0, 0.05) is 6.42 Å². The van der Waals surface area contributed by atoms with E-state index >= 15 is 0 Å². The molecule has 1 fully saturated rings. The zero-order valence-electron chi connectivity index (χ0n) is 53.6. The van der Waals surface area contributed by atoms with Crippen LogP contribution < -0.4 is 5.32 Å².